The summed E-state index contributed by atoms with van der Waals surface area (Å²) in [6.07, 6.45) is 1.08. The van der Waals surface area contributed by atoms with E-state index in [1.165, 1.54) is 35.2 Å². The molecule has 1 aliphatic heterocycles. The van der Waals surface area contributed by atoms with Crippen LogP contribution in [-0.4, -0.2) is 42.2 Å². The minimum Gasteiger partial charge on any atom is -0.462 e. The maximum absolute atomic E-state index is 13.0. The van der Waals surface area contributed by atoms with E-state index in [4.69, 9.17) is 4.74 Å². The number of thiophene rings is 1. The minimum atomic E-state index is -0.370. The molecular weight excluding hydrogens is 411 g/mol. The van der Waals surface area contributed by atoms with Gasteiger partial charge in [0.2, 0.25) is 5.91 Å². The summed E-state index contributed by atoms with van der Waals surface area (Å²) in [4.78, 5) is 29.4. The topological polar surface area (TPSA) is 58.6 Å². The van der Waals surface area contributed by atoms with Crippen LogP contribution in [0.5, 0.6) is 0 Å². The molecule has 0 bridgehead atoms. The number of nitrogens with zero attached hydrogens (tertiary/aromatic N) is 1. The lowest BCUT2D eigenvalue weighted by Crippen LogP contribution is -2.30. The normalized spacial score (nSPS) is 13.8. The van der Waals surface area contributed by atoms with Crippen molar-refractivity contribution in [2.75, 3.05) is 30.8 Å². The molecule has 0 atom stereocenters. The van der Waals surface area contributed by atoms with E-state index in [1.54, 1.807) is 19.1 Å². The molecule has 5 nitrogen and oxygen atoms in total. The number of carbonyl (C=O) groups is 2. The third kappa shape index (κ3) is 5.58. The first-order valence-electron chi connectivity index (χ1n) is 9.74. The highest BCUT2D eigenvalue weighted by molar-refractivity contribution is 7.99. The Labute approximate surface area is 178 Å². The van der Waals surface area contributed by atoms with Crippen molar-refractivity contribution in [3.05, 3.63) is 46.1 Å². The van der Waals surface area contributed by atoms with Crippen molar-refractivity contribution < 1.29 is 18.7 Å². The van der Waals surface area contributed by atoms with Crippen molar-refractivity contribution in [3.8, 4) is 0 Å². The average molecular weight is 437 g/mol. The van der Waals surface area contributed by atoms with E-state index < -0.39 is 0 Å². The summed E-state index contributed by atoms with van der Waals surface area (Å²) in [5, 5.41) is 3.51. The predicted molar refractivity (Wildman–Crippen MR) is 115 cm³/mol. The van der Waals surface area contributed by atoms with E-state index in [1.807, 2.05) is 0 Å². The van der Waals surface area contributed by atoms with Gasteiger partial charge in [-0.3, -0.25) is 9.69 Å². The van der Waals surface area contributed by atoms with Gasteiger partial charge in [-0.05, 0) is 49.7 Å². The molecule has 0 spiro atoms. The molecule has 0 saturated carbocycles. The maximum Gasteiger partial charge on any atom is 0.341 e. The molecule has 0 saturated heterocycles. The molecule has 0 radical (unpaired) electrons. The van der Waals surface area contributed by atoms with Crippen LogP contribution in [0.25, 0.3) is 0 Å². The molecule has 156 valence electrons. The number of ether oxygens (including phenoxy) is 1. The van der Waals surface area contributed by atoms with Crippen molar-refractivity contribution >= 4 is 40.0 Å². The van der Waals surface area contributed by atoms with Crippen molar-refractivity contribution in [2.45, 2.75) is 38.1 Å². The van der Waals surface area contributed by atoms with Gasteiger partial charge in [0.1, 0.15) is 10.8 Å². The van der Waals surface area contributed by atoms with Crippen LogP contribution in [0.1, 0.15) is 41.1 Å². The van der Waals surface area contributed by atoms with Gasteiger partial charge in [-0.2, -0.15) is 0 Å². The summed E-state index contributed by atoms with van der Waals surface area (Å²) in [5.41, 5.74) is 1.52. The van der Waals surface area contributed by atoms with Crippen molar-refractivity contribution in [1.29, 1.82) is 0 Å². The van der Waals surface area contributed by atoms with Gasteiger partial charge in [0.05, 0.1) is 12.2 Å². The van der Waals surface area contributed by atoms with Crippen molar-refractivity contribution in [3.63, 3.8) is 0 Å². The van der Waals surface area contributed by atoms with Crippen LogP contribution in [-0.2, 0) is 22.5 Å². The van der Waals surface area contributed by atoms with Crippen LogP contribution >= 0.6 is 23.1 Å². The number of carbonyl (C=O) groups excluding carboxylic acids is 2. The van der Waals surface area contributed by atoms with Crippen LogP contribution in [0, 0.1) is 5.82 Å². The van der Waals surface area contributed by atoms with Gasteiger partial charge in [0.25, 0.3) is 0 Å². The Morgan fingerprint density at radius 1 is 1.28 bits per heavy atom. The Morgan fingerprint density at radius 3 is 2.72 bits per heavy atom. The summed E-state index contributed by atoms with van der Waals surface area (Å²) in [7, 11) is 0. The van der Waals surface area contributed by atoms with Gasteiger partial charge in [-0.25, -0.2) is 9.18 Å². The molecule has 1 aromatic carbocycles. The second-order valence-electron chi connectivity index (χ2n) is 6.65. The molecular formula is C21H25FN2O3S2. The largest absolute Gasteiger partial charge is 0.462 e. The summed E-state index contributed by atoms with van der Waals surface area (Å²) < 4.78 is 18.2. The SMILES string of the molecule is CCOC(=O)c1c(NC(=O)CCSc2ccc(F)cc2)sc2c1CCN(CC)C2. The molecule has 1 aliphatic rings. The number of halogens is 1. The number of anilines is 1. The van der Waals surface area contributed by atoms with E-state index in [9.17, 15) is 14.0 Å². The molecule has 2 aromatic rings. The quantitative estimate of drug-likeness (QED) is 0.486. The second kappa shape index (κ2) is 10.2. The van der Waals surface area contributed by atoms with E-state index in [0.29, 0.717) is 29.3 Å². The van der Waals surface area contributed by atoms with E-state index in [-0.39, 0.29) is 17.7 Å². The first-order chi connectivity index (χ1) is 14.0. The van der Waals surface area contributed by atoms with Crippen molar-refractivity contribution in [1.82, 2.24) is 4.90 Å². The fourth-order valence-electron chi connectivity index (χ4n) is 3.22. The lowest BCUT2D eigenvalue weighted by molar-refractivity contribution is -0.115. The Bertz CT molecular complexity index is 868. The number of hydrogen-bond donors (Lipinski definition) is 1. The molecule has 1 N–H and O–H groups in total. The fraction of sp³-hybridized carbons (Fsp3) is 0.429. The summed E-state index contributed by atoms with van der Waals surface area (Å²) in [6.45, 7) is 6.83. The molecule has 8 heteroatoms. The number of esters is 1. The van der Waals surface area contributed by atoms with Gasteiger partial charge < -0.3 is 10.1 Å². The van der Waals surface area contributed by atoms with Gasteiger partial charge in [-0.15, -0.1) is 23.1 Å². The number of likely N-dealkylation sites (N-methyl/N-ethyl adjacent to an activating group) is 1. The third-order valence-corrected chi connectivity index (χ3v) is 6.87. The zero-order chi connectivity index (χ0) is 20.8. The smallest absolute Gasteiger partial charge is 0.341 e. The number of fused-ring (bicyclic) bond motifs is 1. The van der Waals surface area contributed by atoms with Crippen LogP contribution in [0.4, 0.5) is 9.39 Å². The summed E-state index contributed by atoms with van der Waals surface area (Å²) in [6, 6.07) is 6.21. The van der Waals surface area contributed by atoms with Gasteiger partial charge in [-0.1, -0.05) is 6.92 Å². The maximum atomic E-state index is 13.0. The first kappa shape index (κ1) is 21.8. The number of thioether (sulfide) groups is 1. The molecule has 1 aromatic heterocycles. The van der Waals surface area contributed by atoms with Crippen LogP contribution in [0.3, 0.4) is 0 Å². The monoisotopic (exact) mass is 436 g/mol. The number of benzene rings is 1. The Balaban J connectivity index is 1.67. The van der Waals surface area contributed by atoms with Crippen molar-refractivity contribution in [2.24, 2.45) is 0 Å². The van der Waals surface area contributed by atoms with Crippen LogP contribution < -0.4 is 5.32 Å². The Kier molecular flexibility index (Phi) is 7.69. The highest BCUT2D eigenvalue weighted by Crippen LogP contribution is 2.37. The molecule has 2 heterocycles. The summed E-state index contributed by atoms with van der Waals surface area (Å²) >= 11 is 2.97. The Morgan fingerprint density at radius 2 is 2.03 bits per heavy atom. The molecule has 0 unspecified atom stereocenters. The molecule has 29 heavy (non-hydrogen) atoms. The standard InChI is InChI=1S/C21H25FN2O3S2/c1-3-24-11-9-16-17(13-24)29-20(19(16)21(26)27-4-2)23-18(25)10-12-28-15-7-5-14(22)6-8-15/h5-8H,3-4,9-13H2,1-2H3,(H,23,25). The van der Waals surface area contributed by atoms with Gasteiger partial charge >= 0.3 is 5.97 Å². The lowest BCUT2D eigenvalue weighted by atomic mass is 10.0. The molecule has 3 rings (SSSR count). The van der Waals surface area contributed by atoms with E-state index in [0.717, 1.165) is 41.4 Å². The van der Waals surface area contributed by atoms with Crippen LogP contribution in [0.2, 0.25) is 0 Å². The van der Waals surface area contributed by atoms with E-state index in [2.05, 4.69) is 17.1 Å². The zero-order valence-corrected chi connectivity index (χ0v) is 18.3. The number of rotatable bonds is 8. The number of hydrogen-bond acceptors (Lipinski definition) is 6. The number of amides is 1. The highest BCUT2D eigenvalue weighted by Gasteiger charge is 2.29. The van der Waals surface area contributed by atoms with Gasteiger partial charge in [0.15, 0.2) is 0 Å². The predicted octanol–water partition coefficient (Wildman–Crippen LogP) is 4.56. The lowest BCUT2D eigenvalue weighted by Gasteiger charge is -2.25. The highest BCUT2D eigenvalue weighted by atomic mass is 32.2. The molecule has 0 fully saturated rings. The van der Waals surface area contributed by atoms with E-state index >= 15 is 0 Å². The van der Waals surface area contributed by atoms with Gasteiger partial charge in [0, 0.05) is 35.0 Å². The Hall–Kier alpha value is -1.90. The first-order valence-corrected chi connectivity index (χ1v) is 11.5. The van der Waals surface area contributed by atoms with Crippen LogP contribution in [0.15, 0.2) is 29.2 Å². The number of nitrogens with one attached hydrogen (secondary N) is 1. The summed E-state index contributed by atoms with van der Waals surface area (Å²) in [5.74, 6) is -0.218. The second-order valence-corrected chi connectivity index (χ2v) is 8.92. The fourth-order valence-corrected chi connectivity index (χ4v) is 5.36. The molecule has 0 aliphatic carbocycles. The minimum absolute atomic E-state index is 0.142. The molecule has 1 amide bonds. The zero-order valence-electron chi connectivity index (χ0n) is 16.6. The average Bonchev–Trinajstić information content (AvgIpc) is 3.06. The third-order valence-electron chi connectivity index (χ3n) is 4.73.